The van der Waals surface area contributed by atoms with E-state index in [2.05, 4.69) is 10.1 Å². The van der Waals surface area contributed by atoms with Gasteiger partial charge in [-0.2, -0.15) is 0 Å². The monoisotopic (exact) mass is 301 g/mol. The van der Waals surface area contributed by atoms with Crippen molar-refractivity contribution in [2.45, 2.75) is 24.9 Å². The van der Waals surface area contributed by atoms with Gasteiger partial charge in [-0.1, -0.05) is 24.9 Å². The van der Waals surface area contributed by atoms with E-state index in [9.17, 15) is 13.6 Å². The van der Waals surface area contributed by atoms with Gasteiger partial charge in [0.25, 0.3) is 5.52 Å². The van der Waals surface area contributed by atoms with Gasteiger partial charge in [0.1, 0.15) is 5.52 Å². The van der Waals surface area contributed by atoms with Gasteiger partial charge in [0.15, 0.2) is 0 Å². The summed E-state index contributed by atoms with van der Waals surface area (Å²) in [4.78, 5) is 4.17. The Morgan fingerprint density at radius 1 is 1.42 bits per heavy atom. The van der Waals surface area contributed by atoms with Crippen molar-refractivity contribution in [1.29, 1.82) is 0 Å². The molecule has 0 aliphatic rings. The maximum Gasteiger partial charge on any atom is 0.314 e. The molecule has 1 heterocycles. The fourth-order valence-corrected chi connectivity index (χ4v) is 3.01. The highest BCUT2D eigenvalue weighted by Gasteiger charge is 2.23. The second-order valence-electron chi connectivity index (χ2n) is 4.07. The smallest absolute Gasteiger partial charge is 0.314 e. The summed E-state index contributed by atoms with van der Waals surface area (Å²) in [5.74, 6) is -0.0669. The first-order chi connectivity index (χ1) is 8.94. The Kier molecular flexibility index (Phi) is 3.86. The minimum Gasteiger partial charge on any atom is -0.594 e. The van der Waals surface area contributed by atoms with Crippen molar-refractivity contribution >= 4 is 32.5 Å². The fraction of sp³-hybridized carbons (Fsp3) is 0.364. The molecule has 0 unspecified atom stereocenters. The minimum absolute atomic E-state index is 0.0669. The Morgan fingerprint density at radius 2 is 2.16 bits per heavy atom. The standard InChI is InChI=1S/C11H12ClN3O3S/c1-2-3-6-19(17,18)11-13-9-5-4-8(12)7-10(9)15(16)14-11/h4-5,7H,2-3,6H2,1H3. The first kappa shape index (κ1) is 14.0. The molecule has 0 bridgehead atoms. The summed E-state index contributed by atoms with van der Waals surface area (Å²) >= 11 is 5.76. The second-order valence-corrected chi connectivity index (χ2v) is 6.51. The molecule has 0 radical (unpaired) electrons. The van der Waals surface area contributed by atoms with Crippen molar-refractivity contribution in [3.63, 3.8) is 0 Å². The highest BCUT2D eigenvalue weighted by atomic mass is 35.5. The van der Waals surface area contributed by atoms with Gasteiger partial charge >= 0.3 is 5.16 Å². The lowest BCUT2D eigenvalue weighted by Crippen LogP contribution is -2.35. The third-order valence-electron chi connectivity index (χ3n) is 2.58. The van der Waals surface area contributed by atoms with Crippen molar-refractivity contribution in [2.24, 2.45) is 0 Å². The number of aromatic nitrogens is 3. The van der Waals surface area contributed by atoms with E-state index < -0.39 is 15.0 Å². The number of hydrogen-bond acceptors (Lipinski definition) is 5. The Morgan fingerprint density at radius 3 is 2.84 bits per heavy atom. The molecule has 0 N–H and O–H groups in total. The lowest BCUT2D eigenvalue weighted by Gasteiger charge is -2.03. The molecule has 19 heavy (non-hydrogen) atoms. The van der Waals surface area contributed by atoms with Crippen LogP contribution in [0.25, 0.3) is 11.0 Å². The van der Waals surface area contributed by atoms with Gasteiger partial charge in [-0.3, -0.25) is 0 Å². The number of benzene rings is 1. The number of halogens is 1. The van der Waals surface area contributed by atoms with E-state index in [1.165, 1.54) is 12.1 Å². The zero-order chi connectivity index (χ0) is 14.0. The predicted molar refractivity (Wildman–Crippen MR) is 70.5 cm³/mol. The van der Waals surface area contributed by atoms with Crippen LogP contribution < -0.4 is 4.85 Å². The molecule has 0 aliphatic carbocycles. The van der Waals surface area contributed by atoms with E-state index in [0.29, 0.717) is 11.4 Å². The number of nitrogens with zero attached hydrogens (tertiary/aromatic N) is 3. The molecule has 0 amide bonds. The molecule has 1 aromatic heterocycles. The number of rotatable bonds is 4. The van der Waals surface area contributed by atoms with Gasteiger partial charge in [0.05, 0.1) is 5.75 Å². The maximum atomic E-state index is 12.0. The van der Waals surface area contributed by atoms with Crippen LogP contribution in [0.2, 0.25) is 5.02 Å². The molecule has 0 saturated carbocycles. The van der Waals surface area contributed by atoms with Gasteiger partial charge in [0, 0.05) is 16.2 Å². The van der Waals surface area contributed by atoms with Crippen LogP contribution in [0.5, 0.6) is 0 Å². The van der Waals surface area contributed by atoms with E-state index in [1.807, 2.05) is 6.92 Å². The maximum absolute atomic E-state index is 12.0. The molecule has 1 aromatic carbocycles. The molecule has 0 aliphatic heterocycles. The van der Waals surface area contributed by atoms with Crippen LogP contribution in [-0.2, 0) is 9.84 Å². The quantitative estimate of drug-likeness (QED) is 0.631. The molecular weight excluding hydrogens is 290 g/mol. The van der Waals surface area contributed by atoms with Gasteiger partial charge in [0.2, 0.25) is 9.84 Å². The summed E-state index contributed by atoms with van der Waals surface area (Å²) in [5, 5.41) is 15.1. The van der Waals surface area contributed by atoms with Crippen molar-refractivity contribution in [3.8, 4) is 0 Å². The summed E-state index contributed by atoms with van der Waals surface area (Å²) in [6.07, 6.45) is 1.24. The van der Waals surface area contributed by atoms with Crippen LogP contribution in [0.15, 0.2) is 23.4 Å². The molecule has 0 atom stereocenters. The third-order valence-corrected chi connectivity index (χ3v) is 4.37. The molecule has 6 nitrogen and oxygen atoms in total. The Labute approximate surface area is 115 Å². The van der Waals surface area contributed by atoms with Gasteiger partial charge in [-0.15, -0.1) is 0 Å². The van der Waals surface area contributed by atoms with E-state index in [-0.39, 0.29) is 21.6 Å². The molecule has 8 heteroatoms. The molecule has 2 rings (SSSR count). The van der Waals surface area contributed by atoms with E-state index in [1.54, 1.807) is 6.07 Å². The van der Waals surface area contributed by atoms with Gasteiger partial charge in [-0.25, -0.2) is 13.4 Å². The largest absolute Gasteiger partial charge is 0.594 e. The first-order valence-electron chi connectivity index (χ1n) is 5.74. The van der Waals surface area contributed by atoms with Crippen LogP contribution in [0.1, 0.15) is 19.8 Å². The normalized spacial score (nSPS) is 11.9. The number of hydrogen-bond donors (Lipinski definition) is 0. The van der Waals surface area contributed by atoms with Crippen LogP contribution in [0.4, 0.5) is 0 Å². The first-order valence-corrected chi connectivity index (χ1v) is 7.77. The lowest BCUT2D eigenvalue weighted by molar-refractivity contribution is -0.647. The lowest BCUT2D eigenvalue weighted by atomic mass is 10.3. The summed E-state index contributed by atoms with van der Waals surface area (Å²) in [7, 11) is -3.62. The molecule has 102 valence electrons. The SMILES string of the molecule is CCCCS(=O)(=O)c1nc2ccc(Cl)cc2[n+]([O-])n1. The van der Waals surface area contributed by atoms with Crippen LogP contribution in [0, 0.1) is 5.21 Å². The summed E-state index contributed by atoms with van der Waals surface area (Å²) < 4.78 is 23.9. The zero-order valence-electron chi connectivity index (χ0n) is 10.2. The summed E-state index contributed by atoms with van der Waals surface area (Å²) in [6, 6.07) is 4.43. The molecule has 0 fully saturated rings. The minimum atomic E-state index is -3.62. The van der Waals surface area contributed by atoms with Gasteiger partial charge in [-0.05, 0) is 23.4 Å². The average molecular weight is 302 g/mol. The summed E-state index contributed by atoms with van der Waals surface area (Å²) in [5.41, 5.74) is 0.395. The van der Waals surface area contributed by atoms with Crippen molar-refractivity contribution in [3.05, 3.63) is 28.4 Å². The zero-order valence-corrected chi connectivity index (χ0v) is 11.8. The van der Waals surface area contributed by atoms with Crippen molar-refractivity contribution in [2.75, 3.05) is 5.75 Å². The third kappa shape index (κ3) is 2.93. The van der Waals surface area contributed by atoms with Crippen molar-refractivity contribution < 1.29 is 13.3 Å². The molecule has 0 spiro atoms. The van der Waals surface area contributed by atoms with E-state index in [4.69, 9.17) is 11.6 Å². The fourth-order valence-electron chi connectivity index (χ4n) is 1.56. The molecular formula is C11H12ClN3O3S. The topological polar surface area (TPSA) is 86.9 Å². The molecule has 2 aromatic rings. The number of fused-ring (bicyclic) bond motifs is 1. The average Bonchev–Trinajstić information content (AvgIpc) is 2.37. The van der Waals surface area contributed by atoms with E-state index in [0.717, 1.165) is 6.42 Å². The Balaban J connectivity index is 2.55. The van der Waals surface area contributed by atoms with Crippen LogP contribution in [-0.4, -0.2) is 24.3 Å². The van der Waals surface area contributed by atoms with Crippen LogP contribution >= 0.6 is 11.6 Å². The Bertz CT molecular complexity index is 718. The van der Waals surface area contributed by atoms with Crippen LogP contribution in [0.3, 0.4) is 0 Å². The van der Waals surface area contributed by atoms with E-state index >= 15 is 0 Å². The highest BCUT2D eigenvalue weighted by Crippen LogP contribution is 2.16. The second kappa shape index (κ2) is 5.26. The highest BCUT2D eigenvalue weighted by molar-refractivity contribution is 7.91. The predicted octanol–water partition coefficient (Wildman–Crippen LogP) is 1.49. The summed E-state index contributed by atoms with van der Waals surface area (Å²) in [6.45, 7) is 1.88. The number of unbranched alkanes of at least 4 members (excludes halogenated alkanes) is 1. The van der Waals surface area contributed by atoms with Crippen molar-refractivity contribution in [1.82, 2.24) is 10.1 Å². The Hall–Kier alpha value is -1.47. The number of sulfone groups is 1. The molecule has 0 saturated heterocycles. The van der Waals surface area contributed by atoms with Gasteiger partial charge < -0.3 is 5.21 Å².